The van der Waals surface area contributed by atoms with Crippen LogP contribution in [0.5, 0.6) is 0 Å². The Balaban J connectivity index is -0.000000444. The Morgan fingerprint density at radius 3 is 1.70 bits per heavy atom. The van der Waals surface area contributed by atoms with E-state index in [-0.39, 0.29) is 32.6 Å². The second-order valence-corrected chi connectivity index (χ2v) is 7.99. The van der Waals surface area contributed by atoms with E-state index in [1.165, 1.54) is 18.4 Å². The van der Waals surface area contributed by atoms with E-state index in [1.807, 2.05) is 30.3 Å². The molecule has 0 aromatic heterocycles. The first-order valence-electron chi connectivity index (χ1n) is 10.6. The van der Waals surface area contributed by atoms with Crippen LogP contribution in [0.4, 0.5) is 0 Å². The molecule has 2 aromatic carbocycles. The molecule has 0 saturated heterocycles. The van der Waals surface area contributed by atoms with E-state index < -0.39 is 0 Å². The van der Waals surface area contributed by atoms with Crippen LogP contribution in [0.1, 0.15) is 51.2 Å². The molecule has 0 N–H and O–H groups in total. The molecule has 0 unspecified atom stereocenters. The molecule has 0 heterocycles. The Hall–Kier alpha value is -2.65. The van der Waals surface area contributed by atoms with Crippen molar-refractivity contribution in [2.24, 2.45) is 11.8 Å². The summed E-state index contributed by atoms with van der Waals surface area (Å²) in [5.41, 5.74) is 2.44. The van der Waals surface area contributed by atoms with Crippen molar-refractivity contribution in [2.45, 2.75) is 51.6 Å². The zero-order chi connectivity index (χ0) is 28.4. The monoisotopic (exact) mass is 668 g/mol. The summed E-state index contributed by atoms with van der Waals surface area (Å²) in [6.07, 6.45) is 3.68. The molecule has 2 aromatic rings. The average Bonchev–Trinajstić information content (AvgIpc) is 2.97. The quantitative estimate of drug-likeness (QED) is 0.233. The van der Waals surface area contributed by atoms with Gasteiger partial charge in [0.05, 0.1) is 6.10 Å². The van der Waals surface area contributed by atoms with Crippen molar-refractivity contribution in [3.8, 4) is 11.8 Å². The zero-order valence-electron chi connectivity index (χ0n) is 21.0. The van der Waals surface area contributed by atoms with E-state index in [2.05, 4.69) is 103 Å². The molecular weight excluding hydrogens is 640 g/mol. The Kier molecular flexibility index (Phi) is 31.3. The van der Waals surface area contributed by atoms with Gasteiger partial charge in [-0.25, -0.2) is 0 Å². The van der Waals surface area contributed by atoms with E-state index in [4.69, 9.17) is 28.0 Å². The zero-order valence-corrected chi connectivity index (χ0v) is 23.9. The van der Waals surface area contributed by atoms with Crippen molar-refractivity contribution in [1.29, 1.82) is 0 Å². The molecule has 0 bridgehead atoms. The maximum atomic E-state index is 7.50. The third-order valence-corrected chi connectivity index (χ3v) is 5.74. The molecule has 1 fully saturated rings. The maximum absolute atomic E-state index is 7.50. The first-order valence-corrected chi connectivity index (χ1v) is 10.6. The van der Waals surface area contributed by atoms with Crippen molar-refractivity contribution in [3.05, 3.63) is 112 Å². The Morgan fingerprint density at radius 2 is 1.22 bits per heavy atom. The molecule has 3 rings (SSSR count). The van der Waals surface area contributed by atoms with E-state index in [0.29, 0.717) is 11.8 Å². The summed E-state index contributed by atoms with van der Waals surface area (Å²) < 4.78 is 43.6. The van der Waals surface area contributed by atoms with Crippen LogP contribution in [0.25, 0.3) is 0 Å². The smallest absolute Gasteiger partial charge is 0 e. The van der Waals surface area contributed by atoms with E-state index in [0.717, 1.165) is 12.0 Å². The predicted octanol–water partition coefficient (Wildman–Crippen LogP) is 5.69. The maximum Gasteiger partial charge on any atom is 0 e. The third-order valence-electron chi connectivity index (χ3n) is 5.74. The van der Waals surface area contributed by atoms with Gasteiger partial charge in [-0.05, 0) is 47.8 Å². The van der Waals surface area contributed by atoms with Crippen molar-refractivity contribution >= 4 is 0 Å². The Morgan fingerprint density at radius 1 is 0.757 bits per heavy atom. The summed E-state index contributed by atoms with van der Waals surface area (Å²) in [5.74, 6) is 7.20. The van der Waals surface area contributed by atoms with Crippen LogP contribution < -0.4 is 0 Å². The molecule has 2 radical (unpaired) electrons. The summed E-state index contributed by atoms with van der Waals surface area (Å²) in [6, 6.07) is 20.8. The Bertz CT molecular complexity index is 931. The minimum atomic E-state index is 0. The van der Waals surface area contributed by atoms with Crippen LogP contribution in [-0.4, -0.2) is 6.10 Å². The normalized spacial score (nSPS) is 16.5. The molecule has 1 saturated carbocycles. The van der Waals surface area contributed by atoms with Crippen LogP contribution in [0.15, 0.2) is 60.7 Å². The molecule has 6 nitrogen and oxygen atoms in total. The van der Waals surface area contributed by atoms with Crippen LogP contribution in [0.2, 0.25) is 0 Å². The van der Waals surface area contributed by atoms with Gasteiger partial charge in [0.15, 0.2) is 0 Å². The van der Waals surface area contributed by atoms with Crippen molar-refractivity contribution < 1.29 is 49.1 Å². The molecule has 0 amide bonds. The predicted molar refractivity (Wildman–Crippen MR) is 127 cm³/mol. The van der Waals surface area contributed by atoms with Crippen LogP contribution >= 0.6 is 0 Å². The number of benzene rings is 2. The topological polar surface area (TPSA) is 109 Å². The van der Waals surface area contributed by atoms with Gasteiger partial charge in [0, 0.05) is 26.6 Å². The molecule has 7 heteroatoms. The number of hydrogen-bond acceptors (Lipinski definition) is 1. The van der Waals surface area contributed by atoms with Crippen LogP contribution in [-0.2, 0) is 54.5 Å². The number of ether oxygens (including phenoxy) is 1. The molecular formula is C30H28O6W. The minimum absolute atomic E-state index is 0. The molecule has 3 atom stereocenters. The van der Waals surface area contributed by atoms with Gasteiger partial charge < -0.3 is 4.74 Å². The summed E-state index contributed by atoms with van der Waals surface area (Å²) in [7, 11) is 0. The first kappa shape index (κ1) is 41.5. The van der Waals surface area contributed by atoms with Gasteiger partial charge in [-0.2, -0.15) is 0 Å². The van der Waals surface area contributed by atoms with Crippen LogP contribution in [0, 0.1) is 63.5 Å². The fourth-order valence-corrected chi connectivity index (χ4v) is 4.09. The largest absolute Gasteiger partial charge is 0 e. The minimum Gasteiger partial charge on any atom is 0 e. The molecule has 1 aliphatic carbocycles. The van der Waals surface area contributed by atoms with Gasteiger partial charge >= 0.3 is 56.5 Å². The standard InChI is InChI=1S/C25H28O.5CO.W/c1-20-16-17-23(25(2,3)22-14-8-5-9-15-22)24(19-20)26-18-10-13-21-11-6-4-7-12-21;5*1-2;/h4-9,11-12,14-15,20,23-24H,16-17,19H2,1-3H3;;;;;;/t20-,23-,24-;;;;;;/m1....../s1. The summed E-state index contributed by atoms with van der Waals surface area (Å²) in [4.78, 5) is 0. The number of rotatable bonds is 4. The number of hydrogen-bond donors (Lipinski definition) is 0. The second kappa shape index (κ2) is 27.9. The fraction of sp³-hybridized carbons (Fsp3) is 0.333. The summed E-state index contributed by atoms with van der Waals surface area (Å²) >= 11 is 0. The average molecular weight is 668 g/mol. The van der Waals surface area contributed by atoms with E-state index in [9.17, 15) is 0 Å². The second-order valence-electron chi connectivity index (χ2n) is 7.99. The SMILES string of the molecule is C[C@@H]1CC[C@@H](C(C)(C)c2ccccc2)[C@H](O[C]C#Cc2ccccc2)C1.[C-]#[O+].[C-]#[O+].[C-]#[O+].[C-]#[O+].[C-]#[O+].[W]. The Labute approximate surface area is 235 Å². The molecule has 1 aliphatic rings. The summed E-state index contributed by atoms with van der Waals surface area (Å²) in [5, 5.41) is 0. The van der Waals surface area contributed by atoms with E-state index >= 15 is 0 Å². The van der Waals surface area contributed by atoms with Gasteiger partial charge in [0.1, 0.15) is 0 Å². The van der Waals surface area contributed by atoms with Gasteiger partial charge in [0.2, 0.25) is 6.61 Å². The fourth-order valence-electron chi connectivity index (χ4n) is 4.09. The van der Waals surface area contributed by atoms with Crippen molar-refractivity contribution in [1.82, 2.24) is 0 Å². The first-order chi connectivity index (χ1) is 17.6. The van der Waals surface area contributed by atoms with Crippen molar-refractivity contribution in [3.63, 3.8) is 0 Å². The van der Waals surface area contributed by atoms with Gasteiger partial charge in [-0.1, -0.05) is 87.6 Å². The van der Waals surface area contributed by atoms with Crippen molar-refractivity contribution in [2.75, 3.05) is 0 Å². The van der Waals surface area contributed by atoms with Gasteiger partial charge in [0.25, 0.3) is 0 Å². The molecule has 37 heavy (non-hydrogen) atoms. The summed E-state index contributed by atoms with van der Waals surface area (Å²) in [6.45, 7) is 32.4. The van der Waals surface area contributed by atoms with Crippen LogP contribution in [0.3, 0.4) is 0 Å². The molecule has 0 aliphatic heterocycles. The third kappa shape index (κ3) is 15.9. The van der Waals surface area contributed by atoms with Gasteiger partial charge in [-0.15, -0.1) is 0 Å². The molecule has 190 valence electrons. The molecule has 0 spiro atoms. The van der Waals surface area contributed by atoms with Gasteiger partial charge in [-0.3, -0.25) is 0 Å². The van der Waals surface area contributed by atoms with E-state index in [1.54, 1.807) is 0 Å².